The van der Waals surface area contributed by atoms with Gasteiger partial charge in [0.2, 0.25) is 0 Å². The van der Waals surface area contributed by atoms with Crippen LogP contribution in [0.15, 0.2) is 51.7 Å². The maximum atomic E-state index is 12.0. The van der Waals surface area contributed by atoms with Crippen LogP contribution in [0.4, 0.5) is 0 Å². The lowest BCUT2D eigenvalue weighted by Crippen LogP contribution is -2.18. The first-order valence-corrected chi connectivity index (χ1v) is 7.49. The van der Waals surface area contributed by atoms with E-state index in [1.165, 1.54) is 17.7 Å². The van der Waals surface area contributed by atoms with Crippen molar-refractivity contribution in [1.82, 2.24) is 4.57 Å². The molecular formula is C18H17NO5. The van der Waals surface area contributed by atoms with Crippen LogP contribution in [0.2, 0.25) is 0 Å². The Balaban J connectivity index is 1.78. The molecular weight excluding hydrogens is 310 g/mol. The van der Waals surface area contributed by atoms with E-state index in [1.54, 1.807) is 12.1 Å². The van der Waals surface area contributed by atoms with Crippen LogP contribution in [0.3, 0.4) is 0 Å². The van der Waals surface area contributed by atoms with Crippen molar-refractivity contribution >= 4 is 17.1 Å². The van der Waals surface area contributed by atoms with Gasteiger partial charge in [-0.1, -0.05) is 12.1 Å². The second kappa shape index (κ2) is 6.62. The predicted octanol–water partition coefficient (Wildman–Crippen LogP) is 2.77. The highest BCUT2D eigenvalue weighted by molar-refractivity contribution is 5.93. The van der Waals surface area contributed by atoms with E-state index >= 15 is 0 Å². The van der Waals surface area contributed by atoms with Gasteiger partial charge in [-0.25, -0.2) is 9.59 Å². The highest BCUT2D eigenvalue weighted by atomic mass is 16.5. The number of hydrogen-bond acceptors (Lipinski definition) is 5. The summed E-state index contributed by atoms with van der Waals surface area (Å²) in [5.74, 6) is -0.209. The van der Waals surface area contributed by atoms with Crippen molar-refractivity contribution in [1.29, 1.82) is 0 Å². The van der Waals surface area contributed by atoms with E-state index < -0.39 is 11.7 Å². The molecule has 0 saturated heterocycles. The molecule has 0 unspecified atom stereocenters. The van der Waals surface area contributed by atoms with Gasteiger partial charge in [0.1, 0.15) is 12.4 Å². The molecule has 3 aromatic rings. The maximum absolute atomic E-state index is 12.0. The average molecular weight is 327 g/mol. The minimum absolute atomic E-state index is 0.330. The number of ether oxygens (including phenoxy) is 2. The number of esters is 1. The number of benzene rings is 2. The van der Waals surface area contributed by atoms with E-state index in [2.05, 4.69) is 4.74 Å². The topological polar surface area (TPSA) is 70.7 Å². The normalized spacial score (nSPS) is 10.8. The minimum Gasteiger partial charge on any atom is -0.492 e. The van der Waals surface area contributed by atoms with Crippen molar-refractivity contribution in [3.63, 3.8) is 0 Å². The molecule has 6 heteroatoms. The zero-order chi connectivity index (χ0) is 17.1. The van der Waals surface area contributed by atoms with Gasteiger partial charge in [0, 0.05) is 0 Å². The van der Waals surface area contributed by atoms with Crippen LogP contribution < -0.4 is 10.5 Å². The summed E-state index contributed by atoms with van der Waals surface area (Å²) < 4.78 is 17.0. The van der Waals surface area contributed by atoms with Crippen LogP contribution in [0.1, 0.15) is 15.9 Å². The van der Waals surface area contributed by atoms with Crippen molar-refractivity contribution in [2.75, 3.05) is 13.7 Å². The monoisotopic (exact) mass is 327 g/mol. The molecule has 1 aromatic heterocycles. The quantitative estimate of drug-likeness (QED) is 0.674. The molecule has 0 aliphatic rings. The van der Waals surface area contributed by atoms with E-state index in [1.807, 2.05) is 31.2 Å². The van der Waals surface area contributed by atoms with Crippen LogP contribution in [0.5, 0.6) is 5.75 Å². The first-order chi connectivity index (χ1) is 11.6. The van der Waals surface area contributed by atoms with Crippen LogP contribution in [-0.4, -0.2) is 24.3 Å². The van der Waals surface area contributed by atoms with Gasteiger partial charge in [-0.15, -0.1) is 0 Å². The number of aromatic nitrogens is 1. The molecule has 0 N–H and O–H groups in total. The van der Waals surface area contributed by atoms with Crippen LogP contribution >= 0.6 is 0 Å². The number of rotatable bonds is 5. The average Bonchev–Trinajstić information content (AvgIpc) is 2.89. The highest BCUT2D eigenvalue weighted by Gasteiger charge is 2.13. The summed E-state index contributed by atoms with van der Waals surface area (Å²) in [5.41, 5.74) is 2.40. The first-order valence-electron chi connectivity index (χ1n) is 7.49. The number of carbonyl (C=O) groups is 1. The summed E-state index contributed by atoms with van der Waals surface area (Å²) in [6.45, 7) is 2.66. The van der Waals surface area contributed by atoms with Gasteiger partial charge >= 0.3 is 11.7 Å². The van der Waals surface area contributed by atoms with E-state index in [-0.39, 0.29) is 0 Å². The number of hydrogen-bond donors (Lipinski definition) is 0. The molecule has 0 spiro atoms. The molecule has 0 bridgehead atoms. The molecule has 6 nitrogen and oxygen atoms in total. The Morgan fingerprint density at radius 1 is 1.21 bits per heavy atom. The van der Waals surface area contributed by atoms with E-state index in [0.29, 0.717) is 29.8 Å². The Morgan fingerprint density at radius 3 is 2.79 bits per heavy atom. The summed E-state index contributed by atoms with van der Waals surface area (Å²) in [6.07, 6.45) is 0. The molecule has 0 radical (unpaired) electrons. The molecule has 0 atom stereocenters. The molecule has 0 saturated carbocycles. The van der Waals surface area contributed by atoms with Gasteiger partial charge in [-0.2, -0.15) is 0 Å². The Bertz CT molecular complexity index is 938. The highest BCUT2D eigenvalue weighted by Crippen LogP contribution is 2.16. The van der Waals surface area contributed by atoms with Crippen LogP contribution in [0, 0.1) is 6.92 Å². The van der Waals surface area contributed by atoms with Crippen molar-refractivity contribution in [2.24, 2.45) is 0 Å². The van der Waals surface area contributed by atoms with E-state index in [4.69, 9.17) is 9.15 Å². The van der Waals surface area contributed by atoms with Crippen molar-refractivity contribution in [3.8, 4) is 5.75 Å². The fraction of sp³-hybridized carbons (Fsp3) is 0.222. The third kappa shape index (κ3) is 3.17. The smallest absolute Gasteiger partial charge is 0.420 e. The van der Waals surface area contributed by atoms with Gasteiger partial charge in [-0.3, -0.25) is 4.57 Å². The van der Waals surface area contributed by atoms with Gasteiger partial charge in [0.05, 0.1) is 24.7 Å². The molecule has 0 fully saturated rings. The number of nitrogens with zero attached hydrogens (tertiary/aromatic N) is 1. The van der Waals surface area contributed by atoms with Gasteiger partial charge in [0.25, 0.3) is 0 Å². The largest absolute Gasteiger partial charge is 0.492 e. The molecule has 24 heavy (non-hydrogen) atoms. The van der Waals surface area contributed by atoms with Crippen molar-refractivity contribution < 1.29 is 18.7 Å². The molecule has 1 heterocycles. The second-order valence-corrected chi connectivity index (χ2v) is 5.36. The zero-order valence-electron chi connectivity index (χ0n) is 13.4. The Labute approximate surface area is 138 Å². The third-order valence-corrected chi connectivity index (χ3v) is 3.66. The minimum atomic E-state index is -0.486. The number of methoxy groups -OCH3 is 1. The Kier molecular flexibility index (Phi) is 4.37. The van der Waals surface area contributed by atoms with Gasteiger partial charge < -0.3 is 13.9 Å². The second-order valence-electron chi connectivity index (χ2n) is 5.36. The lowest BCUT2D eigenvalue weighted by molar-refractivity contribution is 0.0600. The fourth-order valence-electron chi connectivity index (χ4n) is 2.48. The number of oxazole rings is 1. The van der Waals surface area contributed by atoms with Crippen LogP contribution in [0.25, 0.3) is 11.1 Å². The summed E-state index contributed by atoms with van der Waals surface area (Å²) in [5, 5.41) is 0. The fourth-order valence-corrected chi connectivity index (χ4v) is 2.48. The SMILES string of the molecule is COC(=O)c1ccc2c(c1)oc(=O)n2CCOc1cccc(C)c1. The molecule has 0 aliphatic heterocycles. The van der Waals surface area contributed by atoms with E-state index in [9.17, 15) is 9.59 Å². The molecule has 0 aliphatic carbocycles. The van der Waals surface area contributed by atoms with Crippen molar-refractivity contribution in [2.45, 2.75) is 13.5 Å². The standard InChI is InChI=1S/C18H17NO5/c1-12-4-3-5-14(10-12)23-9-8-19-15-7-6-13(17(20)22-2)11-16(15)24-18(19)21/h3-7,10-11H,8-9H2,1-2H3. The van der Waals surface area contributed by atoms with Gasteiger partial charge in [0.15, 0.2) is 5.58 Å². The van der Waals surface area contributed by atoms with Gasteiger partial charge in [-0.05, 0) is 42.8 Å². The number of carbonyl (C=O) groups excluding carboxylic acids is 1. The summed E-state index contributed by atoms with van der Waals surface area (Å²) in [7, 11) is 1.30. The maximum Gasteiger partial charge on any atom is 0.420 e. The summed E-state index contributed by atoms with van der Waals surface area (Å²) >= 11 is 0. The predicted molar refractivity (Wildman–Crippen MR) is 88.5 cm³/mol. The van der Waals surface area contributed by atoms with Crippen molar-refractivity contribution in [3.05, 3.63) is 64.1 Å². The molecule has 2 aromatic carbocycles. The molecule has 0 amide bonds. The third-order valence-electron chi connectivity index (χ3n) is 3.66. The lowest BCUT2D eigenvalue weighted by atomic mass is 10.2. The number of aryl methyl sites for hydroxylation is 1. The van der Waals surface area contributed by atoms with E-state index in [0.717, 1.165) is 11.3 Å². The first kappa shape index (κ1) is 15.9. The Hall–Kier alpha value is -3.02. The summed E-state index contributed by atoms with van der Waals surface area (Å²) in [4.78, 5) is 23.5. The number of fused-ring (bicyclic) bond motifs is 1. The summed E-state index contributed by atoms with van der Waals surface area (Å²) in [6, 6.07) is 12.5. The van der Waals surface area contributed by atoms with Crippen LogP contribution in [-0.2, 0) is 11.3 Å². The molecule has 124 valence electrons. The zero-order valence-corrected chi connectivity index (χ0v) is 13.4. The lowest BCUT2D eigenvalue weighted by Gasteiger charge is -2.07. The Morgan fingerprint density at radius 2 is 2.04 bits per heavy atom. The molecule has 3 rings (SSSR count).